The van der Waals surface area contributed by atoms with Crippen molar-refractivity contribution in [3.05, 3.63) is 59.7 Å². The molecule has 0 radical (unpaired) electrons. The van der Waals surface area contributed by atoms with Crippen molar-refractivity contribution in [1.29, 1.82) is 0 Å². The van der Waals surface area contributed by atoms with Gasteiger partial charge in [0.15, 0.2) is 5.78 Å². The molecule has 1 nitrogen and oxygen atoms in total. The van der Waals surface area contributed by atoms with Crippen LogP contribution in [-0.4, -0.2) is 27.8 Å². The van der Waals surface area contributed by atoms with E-state index in [4.69, 9.17) is 0 Å². The normalized spacial score (nSPS) is 13.5. The Morgan fingerprint density at radius 3 is 1.42 bits per heavy atom. The summed E-state index contributed by atoms with van der Waals surface area (Å²) in [7, 11) is 0. The molecule has 0 heterocycles. The molecule has 0 aliphatic heterocycles. The van der Waals surface area contributed by atoms with Gasteiger partial charge in [0, 0.05) is 42.9 Å². The molecule has 0 aliphatic carbocycles. The highest BCUT2D eigenvalue weighted by Crippen LogP contribution is 2.23. The minimum absolute atomic E-state index is 0.0632. The van der Waals surface area contributed by atoms with Crippen LogP contribution in [0.4, 0.5) is 0 Å². The van der Waals surface area contributed by atoms with Crippen molar-refractivity contribution in [2.45, 2.75) is 34.1 Å². The molecule has 0 aromatic heterocycles. The lowest BCUT2D eigenvalue weighted by Gasteiger charge is -2.07. The van der Waals surface area contributed by atoms with Crippen LogP contribution >= 0.6 is 48.8 Å². The van der Waals surface area contributed by atoms with Crippen LogP contribution in [0.15, 0.2) is 58.3 Å². The van der Waals surface area contributed by atoms with Crippen molar-refractivity contribution >= 4 is 54.6 Å². The number of rotatable bonds is 8. The fourth-order valence-corrected chi connectivity index (χ4v) is 3.98. The van der Waals surface area contributed by atoms with E-state index in [0.29, 0.717) is 10.5 Å². The molecular weight excluding hydrogens is 372 g/mol. The lowest BCUT2D eigenvalue weighted by atomic mass is 10.0. The summed E-state index contributed by atoms with van der Waals surface area (Å²) >= 11 is 12.3. The second-order valence-electron chi connectivity index (χ2n) is 5.70. The van der Waals surface area contributed by atoms with Crippen LogP contribution in [0, 0.1) is 0 Å². The van der Waals surface area contributed by atoms with Crippen LogP contribution in [0.2, 0.25) is 0 Å². The van der Waals surface area contributed by atoms with Crippen LogP contribution in [0.5, 0.6) is 0 Å². The Kier molecular flexibility index (Phi) is 8.14. The van der Waals surface area contributed by atoms with Crippen LogP contribution < -0.4 is 0 Å². The Bertz CT molecular complexity index is 591. The lowest BCUT2D eigenvalue weighted by Crippen LogP contribution is -2.01. The molecule has 24 heavy (non-hydrogen) atoms. The van der Waals surface area contributed by atoms with Gasteiger partial charge < -0.3 is 0 Å². The molecule has 0 saturated heterocycles. The Morgan fingerprint density at radius 2 is 1.12 bits per heavy atom. The number of benzene rings is 2. The summed E-state index contributed by atoms with van der Waals surface area (Å²) in [6.45, 7) is 4.15. The molecule has 0 spiro atoms. The largest absolute Gasteiger partial charge is 0.289 e. The predicted octanol–water partition coefficient (Wildman–Crippen LogP) is 5.74. The molecule has 5 heteroatoms. The summed E-state index contributed by atoms with van der Waals surface area (Å²) in [6, 6.07) is 15.6. The number of carbonyl (C=O) groups excluding carboxylic acids is 1. The smallest absolute Gasteiger partial charge is 0.193 e. The third-order valence-electron chi connectivity index (χ3n) is 3.22. The van der Waals surface area contributed by atoms with E-state index in [0.717, 1.165) is 22.6 Å². The van der Waals surface area contributed by atoms with Crippen molar-refractivity contribution in [2.75, 3.05) is 11.5 Å². The number of thioether (sulfide) groups is 2. The number of carbonyl (C=O) groups is 1. The van der Waals surface area contributed by atoms with Gasteiger partial charge in [-0.15, -0.1) is 23.5 Å². The molecule has 2 atom stereocenters. The molecule has 0 amide bonds. The first-order valence-electron chi connectivity index (χ1n) is 7.82. The quantitative estimate of drug-likeness (QED) is 0.338. The van der Waals surface area contributed by atoms with E-state index in [-0.39, 0.29) is 5.78 Å². The van der Waals surface area contributed by atoms with Crippen LogP contribution in [-0.2, 0) is 0 Å². The van der Waals surface area contributed by atoms with Gasteiger partial charge in [-0.2, -0.15) is 25.3 Å². The zero-order valence-corrected chi connectivity index (χ0v) is 17.2. The van der Waals surface area contributed by atoms with Gasteiger partial charge in [-0.05, 0) is 48.5 Å². The summed E-state index contributed by atoms with van der Waals surface area (Å²) < 4.78 is 0. The average molecular weight is 395 g/mol. The maximum Gasteiger partial charge on any atom is 0.193 e. The average Bonchev–Trinajstić information content (AvgIpc) is 2.58. The first-order chi connectivity index (χ1) is 11.5. The van der Waals surface area contributed by atoms with E-state index in [2.05, 4.69) is 39.1 Å². The molecule has 2 unspecified atom stereocenters. The van der Waals surface area contributed by atoms with Gasteiger partial charge in [-0.1, -0.05) is 13.8 Å². The second-order valence-corrected chi connectivity index (χ2v) is 9.65. The van der Waals surface area contributed by atoms with Crippen LogP contribution in [0.1, 0.15) is 29.8 Å². The molecule has 2 rings (SSSR count). The summed E-state index contributed by atoms with van der Waals surface area (Å²) in [5, 5.41) is 0.719. The van der Waals surface area contributed by atoms with Crippen molar-refractivity contribution < 1.29 is 4.79 Å². The third-order valence-corrected chi connectivity index (χ3v) is 6.62. The Balaban J connectivity index is 2.00. The molecule has 2 aromatic carbocycles. The van der Waals surface area contributed by atoms with Gasteiger partial charge in [0.05, 0.1) is 0 Å². The van der Waals surface area contributed by atoms with E-state index in [1.54, 1.807) is 23.5 Å². The third kappa shape index (κ3) is 6.43. The van der Waals surface area contributed by atoms with Crippen LogP contribution in [0.25, 0.3) is 0 Å². The molecule has 2 aromatic rings. The first kappa shape index (κ1) is 19.8. The molecule has 0 aliphatic rings. The van der Waals surface area contributed by atoms with Crippen molar-refractivity contribution in [2.24, 2.45) is 0 Å². The SMILES string of the molecule is CC(S)CSc1ccc(C(=O)c2ccc(SCC(C)S)cc2)cc1. The number of ketones is 1. The Hall–Kier alpha value is -0.490. The number of hydrogen-bond acceptors (Lipinski definition) is 5. The molecular formula is C19H22OS4. The van der Waals surface area contributed by atoms with E-state index in [9.17, 15) is 4.79 Å². The minimum atomic E-state index is 0.0632. The van der Waals surface area contributed by atoms with Gasteiger partial charge >= 0.3 is 0 Å². The zero-order chi connectivity index (χ0) is 17.5. The minimum Gasteiger partial charge on any atom is -0.289 e. The Morgan fingerprint density at radius 1 is 0.792 bits per heavy atom. The van der Waals surface area contributed by atoms with E-state index < -0.39 is 0 Å². The van der Waals surface area contributed by atoms with E-state index >= 15 is 0 Å². The van der Waals surface area contributed by atoms with Crippen molar-refractivity contribution in [1.82, 2.24) is 0 Å². The first-order valence-corrected chi connectivity index (χ1v) is 10.8. The lowest BCUT2D eigenvalue weighted by molar-refractivity contribution is 0.103. The van der Waals surface area contributed by atoms with Crippen molar-refractivity contribution in [3.8, 4) is 0 Å². The molecule has 0 bridgehead atoms. The zero-order valence-electron chi connectivity index (χ0n) is 13.8. The van der Waals surface area contributed by atoms with Gasteiger partial charge in [0.25, 0.3) is 0 Å². The van der Waals surface area contributed by atoms with E-state index in [1.807, 2.05) is 48.5 Å². The highest BCUT2D eigenvalue weighted by Gasteiger charge is 2.09. The summed E-state index contributed by atoms with van der Waals surface area (Å²) in [4.78, 5) is 14.9. The van der Waals surface area contributed by atoms with Gasteiger partial charge in [-0.25, -0.2) is 0 Å². The maximum atomic E-state index is 12.6. The summed E-state index contributed by atoms with van der Waals surface area (Å²) in [5.41, 5.74) is 1.45. The van der Waals surface area contributed by atoms with Gasteiger partial charge in [0.1, 0.15) is 0 Å². The van der Waals surface area contributed by atoms with Crippen LogP contribution in [0.3, 0.4) is 0 Å². The predicted molar refractivity (Wildman–Crippen MR) is 115 cm³/mol. The molecule has 0 fully saturated rings. The highest BCUT2D eigenvalue weighted by atomic mass is 32.2. The van der Waals surface area contributed by atoms with Gasteiger partial charge in [0.2, 0.25) is 0 Å². The van der Waals surface area contributed by atoms with E-state index in [1.165, 1.54) is 9.79 Å². The highest BCUT2D eigenvalue weighted by molar-refractivity contribution is 8.00. The standard InChI is InChI=1S/C19H22OS4/c1-13(21)11-23-17-7-3-15(4-8-17)19(20)16-5-9-18(10-6-16)24-12-14(2)22/h3-10,13-14,21-22H,11-12H2,1-2H3. The maximum absolute atomic E-state index is 12.6. The second kappa shape index (κ2) is 9.85. The molecule has 0 N–H and O–H groups in total. The van der Waals surface area contributed by atoms with Crippen molar-refractivity contribution in [3.63, 3.8) is 0 Å². The number of hydrogen-bond donors (Lipinski definition) is 2. The Labute approximate surface area is 164 Å². The fraction of sp³-hybridized carbons (Fsp3) is 0.316. The summed E-state index contributed by atoms with van der Waals surface area (Å²) in [6.07, 6.45) is 0. The summed E-state index contributed by atoms with van der Waals surface area (Å²) in [5.74, 6) is 1.98. The monoisotopic (exact) mass is 394 g/mol. The fourth-order valence-electron chi connectivity index (χ4n) is 2.01. The number of thiol groups is 2. The topological polar surface area (TPSA) is 17.1 Å². The molecule has 0 saturated carbocycles. The van der Waals surface area contributed by atoms with Gasteiger partial charge in [-0.3, -0.25) is 4.79 Å². The molecule has 128 valence electrons.